The zero-order valence-corrected chi connectivity index (χ0v) is 17.9. The lowest BCUT2D eigenvalue weighted by Gasteiger charge is -2.18. The average Bonchev–Trinajstić information content (AvgIpc) is 2.74. The third-order valence-electron chi connectivity index (χ3n) is 4.29. The normalized spacial score (nSPS) is 11.7. The van der Waals surface area contributed by atoms with Crippen LogP contribution in [0.5, 0.6) is 5.75 Å². The van der Waals surface area contributed by atoms with Crippen LogP contribution in [0.15, 0.2) is 70.6 Å². The zero-order valence-electron chi connectivity index (χ0n) is 17.1. The topological polar surface area (TPSA) is 84.1 Å². The number of rotatable bonds is 9. The number of ether oxygens (including phenoxy) is 1. The number of anilines is 1. The van der Waals surface area contributed by atoms with Crippen LogP contribution < -0.4 is 15.6 Å². The summed E-state index contributed by atoms with van der Waals surface area (Å²) in [6.07, 6.45) is 1.60. The Labute approximate surface area is 180 Å². The quantitative estimate of drug-likeness (QED) is 0.388. The first-order valence-corrected chi connectivity index (χ1v) is 10.8. The number of H-pyrrole nitrogens is 1. The van der Waals surface area contributed by atoms with Crippen molar-refractivity contribution in [2.24, 2.45) is 0 Å². The number of hydrogen-bond donors (Lipinski definition) is 2. The molecule has 30 heavy (non-hydrogen) atoms. The molecule has 2 aromatic carbocycles. The zero-order chi connectivity index (χ0) is 21.3. The lowest BCUT2D eigenvalue weighted by atomic mass is 10.1. The Bertz CT molecular complexity index is 1040. The van der Waals surface area contributed by atoms with Gasteiger partial charge in [0, 0.05) is 11.8 Å². The molecule has 0 fully saturated rings. The fourth-order valence-electron chi connectivity index (χ4n) is 2.99. The van der Waals surface area contributed by atoms with Crippen molar-refractivity contribution in [3.05, 3.63) is 82.3 Å². The molecule has 0 aliphatic heterocycles. The highest BCUT2D eigenvalue weighted by molar-refractivity contribution is 8.00. The van der Waals surface area contributed by atoms with Gasteiger partial charge in [-0.15, -0.1) is 0 Å². The number of amides is 1. The summed E-state index contributed by atoms with van der Waals surface area (Å²) in [5.41, 5.74) is 1.92. The van der Waals surface area contributed by atoms with Crippen LogP contribution in [0.4, 0.5) is 5.69 Å². The predicted octanol–water partition coefficient (Wildman–Crippen LogP) is 4.59. The number of thioether (sulfide) groups is 1. The summed E-state index contributed by atoms with van der Waals surface area (Å²) in [6, 6.07) is 18.3. The van der Waals surface area contributed by atoms with Crippen LogP contribution in [0.1, 0.15) is 36.8 Å². The van der Waals surface area contributed by atoms with E-state index in [1.54, 1.807) is 6.07 Å². The standard InChI is InChI=1S/C23H25N3O3S/c1-3-10-17-15-20(27)26-23(24-17)30-21(16-11-6-5-7-12-16)22(28)25-18-13-8-9-14-19(18)29-4-2/h5-9,11-15,21H,3-4,10H2,1-2H3,(H,25,28)(H,24,26,27)/t21-/m0/s1. The van der Waals surface area contributed by atoms with Crippen molar-refractivity contribution in [2.45, 2.75) is 37.1 Å². The minimum atomic E-state index is -0.596. The van der Waals surface area contributed by atoms with Crippen LogP contribution in [0.3, 0.4) is 0 Å². The number of nitrogens with zero attached hydrogens (tertiary/aromatic N) is 1. The molecule has 0 radical (unpaired) electrons. The first-order chi connectivity index (χ1) is 14.6. The molecule has 0 aliphatic rings. The number of aryl methyl sites for hydroxylation is 1. The van der Waals surface area contributed by atoms with E-state index in [0.29, 0.717) is 29.6 Å². The maximum absolute atomic E-state index is 13.3. The fourth-order valence-corrected chi connectivity index (χ4v) is 4.00. The lowest BCUT2D eigenvalue weighted by Crippen LogP contribution is -2.20. The van der Waals surface area contributed by atoms with Crippen LogP contribution in [-0.2, 0) is 11.2 Å². The summed E-state index contributed by atoms with van der Waals surface area (Å²) in [5, 5.41) is 2.79. The summed E-state index contributed by atoms with van der Waals surface area (Å²) in [5.74, 6) is 0.392. The molecule has 3 rings (SSSR count). The highest BCUT2D eigenvalue weighted by Gasteiger charge is 2.24. The molecule has 0 saturated carbocycles. The molecule has 1 heterocycles. The van der Waals surface area contributed by atoms with Crippen molar-refractivity contribution < 1.29 is 9.53 Å². The molecule has 0 spiro atoms. The molecule has 1 atom stereocenters. The second-order valence-electron chi connectivity index (χ2n) is 6.62. The Morgan fingerprint density at radius 1 is 1.13 bits per heavy atom. The van der Waals surface area contributed by atoms with E-state index < -0.39 is 5.25 Å². The van der Waals surface area contributed by atoms with Gasteiger partial charge < -0.3 is 15.0 Å². The molecule has 0 aliphatic carbocycles. The van der Waals surface area contributed by atoms with Crippen LogP contribution in [-0.4, -0.2) is 22.5 Å². The van der Waals surface area contributed by atoms with E-state index in [1.807, 2.05) is 62.4 Å². The third kappa shape index (κ3) is 5.73. The van der Waals surface area contributed by atoms with Crippen molar-refractivity contribution in [1.29, 1.82) is 0 Å². The maximum Gasteiger partial charge on any atom is 0.251 e. The lowest BCUT2D eigenvalue weighted by molar-refractivity contribution is -0.115. The minimum Gasteiger partial charge on any atom is -0.492 e. The van der Waals surface area contributed by atoms with Gasteiger partial charge in [-0.2, -0.15) is 0 Å². The van der Waals surface area contributed by atoms with Gasteiger partial charge in [0.05, 0.1) is 12.3 Å². The molecule has 7 heteroatoms. The Balaban J connectivity index is 1.91. The molecule has 3 aromatic rings. The molecule has 0 unspecified atom stereocenters. The van der Waals surface area contributed by atoms with Gasteiger partial charge in [-0.1, -0.05) is 67.6 Å². The van der Waals surface area contributed by atoms with Gasteiger partial charge in [0.15, 0.2) is 5.16 Å². The van der Waals surface area contributed by atoms with Gasteiger partial charge in [-0.3, -0.25) is 9.59 Å². The van der Waals surface area contributed by atoms with Crippen LogP contribution >= 0.6 is 11.8 Å². The number of aromatic amines is 1. The second kappa shape index (κ2) is 10.6. The summed E-state index contributed by atoms with van der Waals surface area (Å²) < 4.78 is 5.62. The van der Waals surface area contributed by atoms with Gasteiger partial charge in [0.2, 0.25) is 5.91 Å². The number of para-hydroxylation sites is 2. The van der Waals surface area contributed by atoms with Crippen molar-refractivity contribution in [3.63, 3.8) is 0 Å². The van der Waals surface area contributed by atoms with Crippen molar-refractivity contribution in [1.82, 2.24) is 9.97 Å². The van der Waals surface area contributed by atoms with Gasteiger partial charge in [0.1, 0.15) is 11.0 Å². The number of benzene rings is 2. The number of hydrogen-bond acceptors (Lipinski definition) is 5. The first kappa shape index (κ1) is 21.6. The summed E-state index contributed by atoms with van der Waals surface area (Å²) in [7, 11) is 0. The van der Waals surface area contributed by atoms with Gasteiger partial charge in [-0.25, -0.2) is 4.98 Å². The molecule has 1 aromatic heterocycles. The highest BCUT2D eigenvalue weighted by atomic mass is 32.2. The van der Waals surface area contributed by atoms with Crippen LogP contribution in [0.25, 0.3) is 0 Å². The largest absolute Gasteiger partial charge is 0.492 e. The first-order valence-electron chi connectivity index (χ1n) is 9.95. The van der Waals surface area contributed by atoms with E-state index in [-0.39, 0.29) is 11.5 Å². The monoisotopic (exact) mass is 423 g/mol. The Kier molecular flexibility index (Phi) is 7.68. The van der Waals surface area contributed by atoms with Gasteiger partial charge in [0.25, 0.3) is 5.56 Å². The van der Waals surface area contributed by atoms with E-state index in [9.17, 15) is 9.59 Å². The highest BCUT2D eigenvalue weighted by Crippen LogP contribution is 2.35. The molecule has 0 bridgehead atoms. The second-order valence-corrected chi connectivity index (χ2v) is 7.71. The van der Waals surface area contributed by atoms with Gasteiger partial charge >= 0.3 is 0 Å². The van der Waals surface area contributed by atoms with Crippen LogP contribution in [0, 0.1) is 0 Å². The van der Waals surface area contributed by atoms with E-state index in [1.165, 1.54) is 17.8 Å². The maximum atomic E-state index is 13.3. The van der Waals surface area contributed by atoms with Gasteiger partial charge in [-0.05, 0) is 31.0 Å². The number of aromatic nitrogens is 2. The Morgan fingerprint density at radius 2 is 1.87 bits per heavy atom. The molecule has 0 saturated heterocycles. The molecule has 6 nitrogen and oxygen atoms in total. The van der Waals surface area contributed by atoms with Crippen molar-refractivity contribution in [3.8, 4) is 5.75 Å². The molecule has 156 valence electrons. The number of carbonyl (C=O) groups is 1. The van der Waals surface area contributed by atoms with Crippen molar-refractivity contribution in [2.75, 3.05) is 11.9 Å². The van der Waals surface area contributed by atoms with E-state index in [2.05, 4.69) is 15.3 Å². The smallest absolute Gasteiger partial charge is 0.251 e. The molecular formula is C23H25N3O3S. The SMILES string of the molecule is CCCc1cc(=O)[nH]c(S[C@H](C(=O)Nc2ccccc2OCC)c2ccccc2)n1. The summed E-state index contributed by atoms with van der Waals surface area (Å²) in [4.78, 5) is 32.6. The minimum absolute atomic E-state index is 0.218. The third-order valence-corrected chi connectivity index (χ3v) is 5.43. The Morgan fingerprint density at radius 3 is 2.60 bits per heavy atom. The van der Waals surface area contributed by atoms with E-state index in [0.717, 1.165) is 17.7 Å². The van der Waals surface area contributed by atoms with Crippen molar-refractivity contribution >= 4 is 23.4 Å². The molecule has 2 N–H and O–H groups in total. The van der Waals surface area contributed by atoms with E-state index >= 15 is 0 Å². The fraction of sp³-hybridized carbons (Fsp3) is 0.261. The number of carbonyl (C=O) groups excluding carboxylic acids is 1. The predicted molar refractivity (Wildman–Crippen MR) is 120 cm³/mol. The average molecular weight is 424 g/mol. The van der Waals surface area contributed by atoms with Crippen LogP contribution in [0.2, 0.25) is 0 Å². The van der Waals surface area contributed by atoms with E-state index in [4.69, 9.17) is 4.74 Å². The summed E-state index contributed by atoms with van der Waals surface area (Å²) >= 11 is 1.22. The molecule has 1 amide bonds. The summed E-state index contributed by atoms with van der Waals surface area (Å²) in [6.45, 7) is 4.43. The molecular weight excluding hydrogens is 398 g/mol. The Hall–Kier alpha value is -3.06. The number of nitrogens with one attached hydrogen (secondary N) is 2.